The number of aromatic carboxylic acids is 1. The molecular weight excluding hydrogens is 244 g/mol. The Morgan fingerprint density at radius 3 is 2.42 bits per heavy atom. The lowest BCUT2D eigenvalue weighted by Crippen LogP contribution is -1.96. The van der Waals surface area contributed by atoms with Crippen molar-refractivity contribution < 1.29 is 20.0 Å². The van der Waals surface area contributed by atoms with Crippen molar-refractivity contribution in [1.82, 2.24) is 4.98 Å². The van der Waals surface area contributed by atoms with Crippen LogP contribution in [0.3, 0.4) is 0 Å². The molecule has 3 rings (SSSR count). The number of rotatable bonds is 1. The molecule has 5 heteroatoms. The van der Waals surface area contributed by atoms with Crippen LogP contribution in [0.1, 0.15) is 10.4 Å². The molecular formula is C14H12N2O3. The Morgan fingerprint density at radius 1 is 1.11 bits per heavy atom. The summed E-state index contributed by atoms with van der Waals surface area (Å²) in [5.41, 5.74) is 2.44. The van der Waals surface area contributed by atoms with Gasteiger partial charge in [-0.15, -0.1) is 5.75 Å². The Kier molecular flexibility index (Phi) is 3.78. The average molecular weight is 256 g/mol. The summed E-state index contributed by atoms with van der Waals surface area (Å²) < 4.78 is 0. The van der Waals surface area contributed by atoms with E-state index in [0.717, 1.165) is 11.0 Å². The lowest BCUT2D eigenvalue weighted by Gasteiger charge is -2.02. The van der Waals surface area contributed by atoms with Gasteiger partial charge in [-0.05, 0) is 24.3 Å². The number of para-hydroxylation sites is 2. The molecule has 0 fully saturated rings. The quantitative estimate of drug-likeness (QED) is 0.690. The second kappa shape index (κ2) is 5.68. The molecule has 0 amide bonds. The minimum absolute atomic E-state index is 0.139. The van der Waals surface area contributed by atoms with E-state index < -0.39 is 5.97 Å². The van der Waals surface area contributed by atoms with Gasteiger partial charge in [-0.1, -0.05) is 24.3 Å². The normalized spacial score (nSPS) is 9.68. The number of aromatic amines is 2. The summed E-state index contributed by atoms with van der Waals surface area (Å²) in [6.45, 7) is 0. The molecule has 19 heavy (non-hydrogen) atoms. The number of carboxylic acid groups (broad SMARTS) is 1. The topological polar surface area (TPSA) is 90.3 Å². The van der Waals surface area contributed by atoms with Gasteiger partial charge in [0.05, 0.1) is 5.56 Å². The van der Waals surface area contributed by atoms with Gasteiger partial charge in [-0.2, -0.15) is 0 Å². The summed E-state index contributed by atoms with van der Waals surface area (Å²) in [6, 6.07) is 13.1. The van der Waals surface area contributed by atoms with Crippen LogP contribution in [-0.2, 0) is 0 Å². The highest BCUT2D eigenvalue weighted by atomic mass is 16.4. The summed E-state index contributed by atoms with van der Waals surface area (Å²) in [4.78, 5) is 16.3. The predicted molar refractivity (Wildman–Crippen MR) is 67.7 cm³/mol. The van der Waals surface area contributed by atoms with Gasteiger partial charge in [0.25, 0.3) is 0 Å². The first kappa shape index (κ1) is 12.6. The van der Waals surface area contributed by atoms with E-state index in [-0.39, 0.29) is 11.3 Å². The third-order valence-corrected chi connectivity index (χ3v) is 2.48. The van der Waals surface area contributed by atoms with Crippen molar-refractivity contribution in [3.05, 3.63) is 60.4 Å². The van der Waals surface area contributed by atoms with E-state index in [2.05, 4.69) is 9.97 Å². The van der Waals surface area contributed by atoms with Gasteiger partial charge in [0, 0.05) is 0 Å². The number of fused-ring (bicyclic) bond motifs is 1. The zero-order valence-corrected chi connectivity index (χ0v) is 9.96. The molecule has 3 aromatic rings. The van der Waals surface area contributed by atoms with Crippen LogP contribution in [-0.4, -0.2) is 16.1 Å². The monoisotopic (exact) mass is 256 g/mol. The Hall–Kier alpha value is -2.82. The first-order valence-electron chi connectivity index (χ1n) is 5.61. The van der Waals surface area contributed by atoms with Crippen molar-refractivity contribution in [2.45, 2.75) is 0 Å². The van der Waals surface area contributed by atoms with Crippen LogP contribution < -0.4 is 10.1 Å². The molecule has 0 saturated carbocycles. The molecule has 1 heterocycles. The maximum absolute atomic E-state index is 10.5. The van der Waals surface area contributed by atoms with Crippen molar-refractivity contribution in [3.8, 4) is 5.75 Å². The highest BCUT2D eigenvalue weighted by molar-refractivity contribution is 5.87. The maximum Gasteiger partial charge on any atom is 0.335 e. The lowest BCUT2D eigenvalue weighted by molar-refractivity contribution is -0.344. The number of carbonyl (C=O) groups is 1. The molecule has 0 atom stereocenters. The zero-order chi connectivity index (χ0) is 13.7. The van der Waals surface area contributed by atoms with Crippen molar-refractivity contribution in [3.63, 3.8) is 0 Å². The Labute approximate surface area is 109 Å². The number of carboxylic acids is 1. The first-order chi connectivity index (χ1) is 9.16. The van der Waals surface area contributed by atoms with Gasteiger partial charge in [0.2, 0.25) is 6.33 Å². The van der Waals surface area contributed by atoms with Crippen LogP contribution in [0.2, 0.25) is 0 Å². The molecule has 96 valence electrons. The molecule has 0 spiro atoms. The van der Waals surface area contributed by atoms with Gasteiger partial charge in [-0.25, -0.2) is 14.8 Å². The van der Waals surface area contributed by atoms with Crippen LogP contribution >= 0.6 is 0 Å². The molecule has 0 aliphatic heterocycles. The number of aromatic nitrogens is 2. The first-order valence-corrected chi connectivity index (χ1v) is 5.61. The lowest BCUT2D eigenvalue weighted by atomic mass is 10.2. The van der Waals surface area contributed by atoms with Crippen molar-refractivity contribution in [2.24, 2.45) is 0 Å². The third-order valence-electron chi connectivity index (χ3n) is 2.48. The fraction of sp³-hybridized carbons (Fsp3) is 0. The predicted octanol–water partition coefficient (Wildman–Crippen LogP) is 1.44. The fourth-order valence-electron chi connectivity index (χ4n) is 1.52. The van der Waals surface area contributed by atoms with E-state index in [1.807, 2.05) is 30.6 Å². The Bertz CT molecular complexity index is 644. The molecule has 0 radical (unpaired) electrons. The zero-order valence-electron chi connectivity index (χ0n) is 9.96. The molecule has 5 nitrogen and oxygen atoms in total. The van der Waals surface area contributed by atoms with Gasteiger partial charge in [0.15, 0.2) is 11.0 Å². The van der Waals surface area contributed by atoms with Crippen molar-refractivity contribution in [1.29, 1.82) is 0 Å². The molecule has 0 unspecified atom stereocenters. The van der Waals surface area contributed by atoms with Gasteiger partial charge < -0.3 is 10.2 Å². The van der Waals surface area contributed by atoms with Crippen LogP contribution in [0.25, 0.3) is 11.0 Å². The summed E-state index contributed by atoms with van der Waals surface area (Å²) in [6.07, 6.45) is 1.82. The molecule has 3 N–H and O–H groups in total. The van der Waals surface area contributed by atoms with Gasteiger partial charge in [-0.3, -0.25) is 0 Å². The number of benzene rings is 2. The maximum atomic E-state index is 10.5. The summed E-state index contributed by atoms with van der Waals surface area (Å²) >= 11 is 0. The van der Waals surface area contributed by atoms with Crippen LogP contribution in [0.15, 0.2) is 54.9 Å². The summed E-state index contributed by atoms with van der Waals surface area (Å²) in [5, 5.41) is 18.8. The fourth-order valence-corrected chi connectivity index (χ4v) is 1.52. The largest absolute Gasteiger partial charge is 0.872 e. The van der Waals surface area contributed by atoms with Crippen molar-refractivity contribution in [2.75, 3.05) is 0 Å². The highest BCUT2D eigenvalue weighted by Gasteiger charge is 1.97. The summed E-state index contributed by atoms with van der Waals surface area (Å²) in [7, 11) is 0. The van der Waals surface area contributed by atoms with Gasteiger partial charge >= 0.3 is 5.97 Å². The van der Waals surface area contributed by atoms with Crippen molar-refractivity contribution >= 4 is 17.0 Å². The molecule has 0 bridgehead atoms. The van der Waals surface area contributed by atoms with Crippen LogP contribution in [0.4, 0.5) is 0 Å². The van der Waals surface area contributed by atoms with Gasteiger partial charge in [0.1, 0.15) is 0 Å². The minimum Gasteiger partial charge on any atom is -0.872 e. The standard InChI is InChI=1S/C7H6N2.C7H6O3/c1-2-4-7-6(3-1)8-5-9-7;8-6-3-1-5(2-4-6)7(9)10/h1-5H,(H,8,9);1-4,8H,(H,9,10). The number of hydrogen-bond donors (Lipinski definition) is 2. The van der Waals surface area contributed by atoms with E-state index in [0.29, 0.717) is 0 Å². The Morgan fingerprint density at radius 2 is 1.79 bits per heavy atom. The van der Waals surface area contributed by atoms with E-state index in [1.165, 1.54) is 24.3 Å². The molecule has 0 aliphatic rings. The highest BCUT2D eigenvalue weighted by Crippen LogP contribution is 2.05. The van der Waals surface area contributed by atoms with E-state index in [9.17, 15) is 9.90 Å². The minimum atomic E-state index is -1.01. The molecule has 0 aliphatic carbocycles. The number of imidazole rings is 1. The van der Waals surface area contributed by atoms with Crippen LogP contribution in [0.5, 0.6) is 5.75 Å². The summed E-state index contributed by atoms with van der Waals surface area (Å²) in [5.74, 6) is -1.19. The molecule has 0 saturated heterocycles. The molecule has 1 aromatic heterocycles. The SMILES string of the molecule is O=C(O)c1ccc([O-])cc1.c1ccc2[nH+]c[nH]c2c1. The smallest absolute Gasteiger partial charge is 0.335 e. The number of nitrogens with one attached hydrogen (secondary N) is 2. The Balaban J connectivity index is 0.000000141. The number of H-pyrrole nitrogens is 2. The van der Waals surface area contributed by atoms with Crippen LogP contribution in [0, 0.1) is 0 Å². The van der Waals surface area contributed by atoms with E-state index >= 15 is 0 Å². The average Bonchev–Trinajstić information content (AvgIpc) is 2.88. The van der Waals surface area contributed by atoms with E-state index in [1.54, 1.807) is 0 Å². The van der Waals surface area contributed by atoms with E-state index in [4.69, 9.17) is 5.11 Å². The third kappa shape index (κ3) is 3.32. The second-order valence-electron chi connectivity index (χ2n) is 3.81. The number of hydrogen-bond acceptors (Lipinski definition) is 2. The molecule has 2 aromatic carbocycles. The second-order valence-corrected chi connectivity index (χ2v) is 3.81.